The van der Waals surface area contributed by atoms with Crippen LogP contribution in [0.15, 0.2) is 36.1 Å². The zero-order chi connectivity index (χ0) is 11.5. The molecule has 82 valence electrons. The topological polar surface area (TPSA) is 52.6 Å². The van der Waals surface area contributed by atoms with Crippen molar-refractivity contribution in [2.24, 2.45) is 0 Å². The van der Waals surface area contributed by atoms with Gasteiger partial charge in [-0.05, 0) is 0 Å². The van der Waals surface area contributed by atoms with E-state index in [1.807, 2.05) is 0 Å². The molecule has 0 radical (unpaired) electrons. The number of allylic oxidation sites excluding steroid dienone is 2. The molecule has 0 heterocycles. The van der Waals surface area contributed by atoms with Crippen molar-refractivity contribution in [2.45, 2.75) is 0 Å². The summed E-state index contributed by atoms with van der Waals surface area (Å²) < 4.78 is 9.73. The molecule has 16 heavy (non-hydrogen) atoms. The highest BCUT2D eigenvalue weighted by Gasteiger charge is 2.26. The molecule has 1 aliphatic carbocycles. The van der Waals surface area contributed by atoms with E-state index >= 15 is 0 Å². The molecular formula is C12H10O4. The quantitative estimate of drug-likeness (QED) is 0.722. The Bertz CT molecular complexity index is 474. The third kappa shape index (κ3) is 1.75. The molecule has 1 aromatic rings. The van der Waals surface area contributed by atoms with Crippen LogP contribution in [0.4, 0.5) is 0 Å². The van der Waals surface area contributed by atoms with Crippen LogP contribution >= 0.6 is 0 Å². The molecule has 1 aliphatic rings. The third-order valence-electron chi connectivity index (χ3n) is 2.26. The third-order valence-corrected chi connectivity index (χ3v) is 2.26. The van der Waals surface area contributed by atoms with E-state index in [4.69, 9.17) is 4.74 Å². The number of rotatable bonds is 3. The molecule has 0 bridgehead atoms. The number of carbonyl (C=O) groups excluding carboxylic acids is 2. The first-order valence-electron chi connectivity index (χ1n) is 4.75. The summed E-state index contributed by atoms with van der Waals surface area (Å²) >= 11 is 0. The van der Waals surface area contributed by atoms with Crippen molar-refractivity contribution in [1.29, 1.82) is 0 Å². The van der Waals surface area contributed by atoms with E-state index in [1.165, 1.54) is 13.2 Å². The van der Waals surface area contributed by atoms with Crippen LogP contribution < -0.4 is 0 Å². The summed E-state index contributed by atoms with van der Waals surface area (Å²) in [5.74, 6) is -0.473. The lowest BCUT2D eigenvalue weighted by molar-refractivity contribution is 0.00469. The van der Waals surface area contributed by atoms with Crippen LogP contribution in [-0.4, -0.2) is 25.5 Å². The number of Topliss-reactive ketones (excluding diaryl/α,β-unsaturated/α-hetero) is 1. The Hall–Kier alpha value is -1.94. The molecule has 0 amide bonds. The van der Waals surface area contributed by atoms with Crippen molar-refractivity contribution in [3.05, 3.63) is 47.2 Å². The van der Waals surface area contributed by atoms with Gasteiger partial charge in [-0.1, -0.05) is 24.3 Å². The Morgan fingerprint density at radius 3 is 2.50 bits per heavy atom. The van der Waals surface area contributed by atoms with Gasteiger partial charge in [-0.2, -0.15) is 0 Å². The standard InChI is InChI=1S/C12H10O4/c1-15-7-16-11-6-10(13)8-4-2-3-5-9(8)12(11)14/h2-6H,7H2,1H3. The normalized spacial score (nSPS) is 14.4. The second-order valence-electron chi connectivity index (χ2n) is 3.30. The van der Waals surface area contributed by atoms with Crippen molar-refractivity contribution in [3.8, 4) is 0 Å². The fourth-order valence-corrected chi connectivity index (χ4v) is 1.52. The lowest BCUT2D eigenvalue weighted by atomic mass is 9.94. The van der Waals surface area contributed by atoms with Gasteiger partial charge in [0.15, 0.2) is 18.3 Å². The monoisotopic (exact) mass is 218 g/mol. The number of methoxy groups -OCH3 is 1. The summed E-state index contributed by atoms with van der Waals surface area (Å²) in [4.78, 5) is 23.5. The maximum absolute atomic E-state index is 11.9. The predicted molar refractivity (Wildman–Crippen MR) is 56.1 cm³/mol. The molecule has 0 saturated carbocycles. The summed E-state index contributed by atoms with van der Waals surface area (Å²) in [6.45, 7) is -0.0486. The van der Waals surface area contributed by atoms with Crippen LogP contribution in [-0.2, 0) is 9.47 Å². The summed E-state index contributed by atoms with van der Waals surface area (Å²) in [6.07, 6.45) is 1.20. The van der Waals surface area contributed by atoms with Crippen molar-refractivity contribution in [2.75, 3.05) is 13.9 Å². The molecule has 2 rings (SSSR count). The van der Waals surface area contributed by atoms with Gasteiger partial charge in [-0.25, -0.2) is 0 Å². The summed E-state index contributed by atoms with van der Waals surface area (Å²) in [5.41, 5.74) is 0.790. The maximum atomic E-state index is 11.9. The maximum Gasteiger partial charge on any atom is 0.228 e. The minimum Gasteiger partial charge on any atom is -0.463 e. The summed E-state index contributed by atoms with van der Waals surface area (Å²) in [6, 6.07) is 6.67. The Morgan fingerprint density at radius 2 is 1.81 bits per heavy atom. The number of ether oxygens (including phenoxy) is 2. The minimum absolute atomic E-state index is 0.0329. The first kappa shape index (κ1) is 10.6. The van der Waals surface area contributed by atoms with Crippen LogP contribution in [0, 0.1) is 0 Å². The van der Waals surface area contributed by atoms with E-state index in [9.17, 15) is 9.59 Å². The molecule has 0 aromatic heterocycles. The van der Waals surface area contributed by atoms with Crippen LogP contribution in [0.3, 0.4) is 0 Å². The molecule has 0 spiro atoms. The van der Waals surface area contributed by atoms with Gasteiger partial charge in [0.05, 0.1) is 0 Å². The van der Waals surface area contributed by atoms with Gasteiger partial charge >= 0.3 is 0 Å². The first-order valence-corrected chi connectivity index (χ1v) is 4.75. The average molecular weight is 218 g/mol. The largest absolute Gasteiger partial charge is 0.463 e. The van der Waals surface area contributed by atoms with Crippen LogP contribution in [0.2, 0.25) is 0 Å². The predicted octanol–water partition coefficient (Wildman–Crippen LogP) is 1.57. The molecule has 4 heteroatoms. The number of ketones is 2. The van der Waals surface area contributed by atoms with Crippen molar-refractivity contribution >= 4 is 11.6 Å². The second kappa shape index (κ2) is 4.28. The van der Waals surface area contributed by atoms with Gasteiger partial charge < -0.3 is 9.47 Å². The second-order valence-corrected chi connectivity index (χ2v) is 3.30. The molecule has 0 fully saturated rings. The molecule has 0 N–H and O–H groups in total. The lowest BCUT2D eigenvalue weighted by Gasteiger charge is -2.14. The highest BCUT2D eigenvalue weighted by Crippen LogP contribution is 2.21. The van der Waals surface area contributed by atoms with Crippen LogP contribution in [0.1, 0.15) is 20.7 Å². The number of fused-ring (bicyclic) bond motifs is 1. The molecule has 4 nitrogen and oxygen atoms in total. The van der Waals surface area contributed by atoms with E-state index in [1.54, 1.807) is 24.3 Å². The smallest absolute Gasteiger partial charge is 0.228 e. The molecule has 0 saturated heterocycles. The Labute approximate surface area is 92.5 Å². The van der Waals surface area contributed by atoms with Gasteiger partial charge in [-0.15, -0.1) is 0 Å². The highest BCUT2D eigenvalue weighted by atomic mass is 16.7. The van der Waals surface area contributed by atoms with Gasteiger partial charge in [-0.3, -0.25) is 9.59 Å². The van der Waals surface area contributed by atoms with Gasteiger partial charge in [0.25, 0.3) is 0 Å². The molecule has 0 unspecified atom stereocenters. The van der Waals surface area contributed by atoms with Crippen molar-refractivity contribution in [1.82, 2.24) is 0 Å². The van der Waals surface area contributed by atoms with E-state index < -0.39 is 0 Å². The zero-order valence-electron chi connectivity index (χ0n) is 8.73. The summed E-state index contributed by atoms with van der Waals surface area (Å²) in [5, 5.41) is 0. The molecule has 0 atom stereocenters. The highest BCUT2D eigenvalue weighted by molar-refractivity contribution is 6.23. The number of hydrogen-bond acceptors (Lipinski definition) is 4. The Balaban J connectivity index is 2.36. The minimum atomic E-state index is -0.285. The molecule has 0 aliphatic heterocycles. The van der Waals surface area contributed by atoms with Crippen molar-refractivity contribution in [3.63, 3.8) is 0 Å². The zero-order valence-corrected chi connectivity index (χ0v) is 8.73. The van der Waals surface area contributed by atoms with Crippen LogP contribution in [0.5, 0.6) is 0 Å². The van der Waals surface area contributed by atoms with Gasteiger partial charge in [0.1, 0.15) is 0 Å². The van der Waals surface area contributed by atoms with E-state index in [2.05, 4.69) is 4.74 Å². The lowest BCUT2D eigenvalue weighted by Crippen LogP contribution is -2.19. The number of benzene rings is 1. The van der Waals surface area contributed by atoms with Crippen molar-refractivity contribution < 1.29 is 19.1 Å². The van der Waals surface area contributed by atoms with Gasteiger partial charge in [0, 0.05) is 24.3 Å². The average Bonchev–Trinajstić information content (AvgIpc) is 2.32. The first-order chi connectivity index (χ1) is 7.74. The molecular weight excluding hydrogens is 208 g/mol. The molecule has 1 aromatic carbocycles. The Kier molecular flexibility index (Phi) is 2.83. The van der Waals surface area contributed by atoms with E-state index in [-0.39, 0.29) is 24.1 Å². The Morgan fingerprint density at radius 1 is 1.12 bits per heavy atom. The number of hydrogen-bond donors (Lipinski definition) is 0. The summed E-state index contributed by atoms with van der Waals surface area (Å²) in [7, 11) is 1.45. The van der Waals surface area contributed by atoms with E-state index in [0.717, 1.165) is 0 Å². The fraction of sp³-hybridized carbons (Fsp3) is 0.167. The van der Waals surface area contributed by atoms with E-state index in [0.29, 0.717) is 11.1 Å². The van der Waals surface area contributed by atoms with Gasteiger partial charge in [0.2, 0.25) is 5.78 Å². The SMILES string of the molecule is COCOC1=CC(=O)c2ccccc2C1=O. The number of carbonyl (C=O) groups is 2. The fourth-order valence-electron chi connectivity index (χ4n) is 1.52. The van der Waals surface area contributed by atoms with Crippen LogP contribution in [0.25, 0.3) is 0 Å².